The molecule has 5 unspecified atom stereocenters. The topological polar surface area (TPSA) is 328 Å². The number of nitrogens with one attached hydrogen (secondary N) is 3. The minimum Gasteiger partial charge on any atom is -0.215 e. The van der Waals surface area contributed by atoms with Gasteiger partial charge in [-0.1, -0.05) is 0 Å². The van der Waals surface area contributed by atoms with Gasteiger partial charge in [0.15, 0.2) is 12.1 Å². The van der Waals surface area contributed by atoms with Crippen LogP contribution >= 0.6 is 0 Å². The maximum Gasteiger partial charge on any atom is 0.423 e. The van der Waals surface area contributed by atoms with Crippen LogP contribution in [0.15, 0.2) is 0 Å². The van der Waals surface area contributed by atoms with Crippen molar-refractivity contribution in [3.05, 3.63) is 0 Å². The highest BCUT2D eigenvalue weighted by Crippen LogP contribution is 2.38. The molecule has 2 fully saturated rings. The van der Waals surface area contributed by atoms with Crippen molar-refractivity contribution in [2.75, 3.05) is 0 Å². The van der Waals surface area contributed by atoms with Crippen LogP contribution in [0.4, 0.5) is 0 Å². The molecule has 0 aromatic carbocycles. The fourth-order valence-electron chi connectivity index (χ4n) is 1.29. The van der Waals surface area contributed by atoms with Crippen LogP contribution in [0.5, 0.6) is 0 Å². The Hall–Kier alpha value is -1.56. The molecule has 2 saturated heterocycles. The van der Waals surface area contributed by atoms with E-state index < -0.39 is 66.5 Å². The first kappa shape index (κ1) is 24.7. The van der Waals surface area contributed by atoms with E-state index in [2.05, 4.69) is 25.1 Å². The molecule has 0 bridgehead atoms. The quantitative estimate of drug-likeness (QED) is 0.287. The Bertz CT molecular complexity index is 1340. The minimum absolute atomic E-state index is 0.572. The molecule has 2 rings (SSSR count). The summed E-state index contributed by atoms with van der Waals surface area (Å²) in [5.74, 6) is -8.13. The van der Waals surface area contributed by atoms with Crippen LogP contribution in [0.2, 0.25) is 0 Å². The Balaban J connectivity index is 2.49. The van der Waals surface area contributed by atoms with Gasteiger partial charge in [-0.3, -0.25) is 0 Å². The lowest BCUT2D eigenvalue weighted by atomic mass is 10.7. The van der Waals surface area contributed by atoms with Crippen LogP contribution in [-0.2, 0) is 79.7 Å². The van der Waals surface area contributed by atoms with E-state index in [0.717, 1.165) is 0 Å². The smallest absolute Gasteiger partial charge is 0.215 e. The Morgan fingerprint density at radius 3 is 1.33 bits per heavy atom. The van der Waals surface area contributed by atoms with Gasteiger partial charge in [-0.15, -0.1) is 0 Å². The molecule has 0 radical (unpaired) electrons. The highest BCUT2D eigenvalue weighted by Gasteiger charge is 2.63. The summed E-state index contributed by atoms with van der Waals surface area (Å²) in [7, 11) is -34.3. The molecule has 2 aliphatic heterocycles. The number of rotatable bonds is 5. The molecule has 30 heavy (non-hydrogen) atoms. The van der Waals surface area contributed by atoms with Crippen molar-refractivity contribution in [2.24, 2.45) is 0 Å². The van der Waals surface area contributed by atoms with E-state index in [-0.39, 0.29) is 0 Å². The first-order valence-corrected chi connectivity index (χ1v) is 16.0. The highest BCUT2D eigenvalue weighted by molar-refractivity contribution is 8.65. The zero-order chi connectivity index (χ0) is 23.7. The van der Waals surface area contributed by atoms with Crippen LogP contribution in [0.1, 0.15) is 0 Å². The van der Waals surface area contributed by atoms with Gasteiger partial charge in [-0.2, -0.15) is 60.9 Å². The summed E-state index contributed by atoms with van der Waals surface area (Å²) in [6.07, 6.45) is 0. The maximum atomic E-state index is 12.1. The standard InChI is InChI=1S/C4H3N5O15S6/c5-1-3(19-25(7,10)28(13,14)22-3)20-26(8,11)29(15,16)23-4(2-6)21-27(9,12)30(17,18)24-4/h7-9H. The largest absolute Gasteiger partial charge is 0.423 e. The van der Waals surface area contributed by atoms with Gasteiger partial charge >= 0.3 is 66.5 Å². The number of nitriles is 2. The van der Waals surface area contributed by atoms with Crippen LogP contribution in [0.3, 0.4) is 0 Å². The van der Waals surface area contributed by atoms with Crippen molar-refractivity contribution in [1.82, 2.24) is 0 Å². The van der Waals surface area contributed by atoms with E-state index in [0.29, 0.717) is 12.1 Å². The molecular weight excluding hydrogens is 550 g/mol. The summed E-state index contributed by atoms with van der Waals surface area (Å²) in [6.45, 7) is 0. The maximum absolute atomic E-state index is 12.1. The zero-order valence-corrected chi connectivity index (χ0v) is 17.9. The van der Waals surface area contributed by atoms with Crippen molar-refractivity contribution < 1.29 is 63.0 Å². The second-order valence-electron chi connectivity index (χ2n) is 4.42. The predicted octanol–water partition coefficient (Wildman–Crippen LogP) is -2.91. The molecule has 20 nitrogen and oxygen atoms in total. The summed E-state index contributed by atoms with van der Waals surface area (Å²) in [4.78, 5) is 0. The summed E-state index contributed by atoms with van der Waals surface area (Å²) in [5, 5.41) is 17.7. The van der Waals surface area contributed by atoms with E-state index in [1.807, 2.05) is 0 Å². The SMILES string of the molecule is N#CC1(OS(=N)(=O)S(=O)(=O)OC2(C#N)OS(=N)(=O)S(=O)(=O)O2)OS(=N)(=O)S(=O)(=O)O1. The molecule has 2 heterocycles. The Labute approximate surface area is 166 Å². The molecule has 0 saturated carbocycles. The van der Waals surface area contributed by atoms with Crippen molar-refractivity contribution in [3.63, 3.8) is 0 Å². The van der Waals surface area contributed by atoms with Crippen LogP contribution in [0, 0.1) is 37.0 Å². The second kappa shape index (κ2) is 6.47. The van der Waals surface area contributed by atoms with Gasteiger partial charge in [0.1, 0.15) is 0 Å². The van der Waals surface area contributed by atoms with Gasteiger partial charge in [0, 0.05) is 0 Å². The van der Waals surface area contributed by atoms with E-state index >= 15 is 0 Å². The third-order valence-corrected chi connectivity index (χ3v) is 12.6. The number of nitrogens with zero attached hydrogens (tertiary/aromatic N) is 2. The molecule has 0 aliphatic carbocycles. The Morgan fingerprint density at radius 1 is 0.733 bits per heavy atom. The Morgan fingerprint density at radius 2 is 1.07 bits per heavy atom. The summed E-state index contributed by atoms with van der Waals surface area (Å²) in [6, 6.07) is 1.17. The monoisotopic (exact) mass is 553 g/mol. The van der Waals surface area contributed by atoms with Crippen LogP contribution in [0.25, 0.3) is 0 Å². The molecule has 0 aromatic rings. The lowest BCUT2D eigenvalue weighted by molar-refractivity contribution is -0.187. The third kappa shape index (κ3) is 3.76. The number of hydrogen-bond acceptors (Lipinski definition) is 20. The average molecular weight is 553 g/mol. The minimum atomic E-state index is -6.36. The fraction of sp³-hybridized carbons (Fsp3) is 0.500. The molecule has 2 aliphatic rings. The molecule has 170 valence electrons. The first-order chi connectivity index (χ1) is 13.1. The lowest BCUT2D eigenvalue weighted by Gasteiger charge is -2.19. The Kier molecular flexibility index (Phi) is 5.33. The van der Waals surface area contributed by atoms with E-state index in [1.165, 1.54) is 0 Å². The highest BCUT2D eigenvalue weighted by atomic mass is 33.2. The van der Waals surface area contributed by atoms with Gasteiger partial charge < -0.3 is 0 Å². The first-order valence-electron chi connectivity index (χ1n) is 5.78. The second-order valence-corrected chi connectivity index (χ2v) is 18.2. The molecule has 0 spiro atoms. The van der Waals surface area contributed by atoms with Crippen molar-refractivity contribution in [3.8, 4) is 12.1 Å². The normalized spacial score (nSPS) is 41.9. The summed E-state index contributed by atoms with van der Waals surface area (Å²) in [5.41, 5.74) is 0. The van der Waals surface area contributed by atoms with E-state index in [1.54, 1.807) is 0 Å². The van der Waals surface area contributed by atoms with Gasteiger partial charge in [-0.05, 0) is 0 Å². The zero-order valence-electron chi connectivity index (χ0n) is 13.0. The van der Waals surface area contributed by atoms with Gasteiger partial charge in [0.25, 0.3) is 0 Å². The molecule has 5 atom stereocenters. The molecule has 3 N–H and O–H groups in total. The summed E-state index contributed by atoms with van der Waals surface area (Å²) >= 11 is 0. The van der Waals surface area contributed by atoms with Crippen molar-refractivity contribution in [2.45, 2.75) is 11.9 Å². The predicted molar refractivity (Wildman–Crippen MR) is 82.5 cm³/mol. The fourth-order valence-corrected chi connectivity index (χ4v) is 7.54. The van der Waals surface area contributed by atoms with Crippen molar-refractivity contribution >= 4 is 54.6 Å². The third-order valence-electron chi connectivity index (χ3n) is 2.37. The summed E-state index contributed by atoms with van der Waals surface area (Å²) < 4.78 is 148. The molecular formula is C4H3N5O15S6. The van der Waals surface area contributed by atoms with Gasteiger partial charge in [0.05, 0.1) is 0 Å². The number of hydrogen-bond donors (Lipinski definition) is 3. The van der Waals surface area contributed by atoms with Crippen molar-refractivity contribution in [1.29, 1.82) is 24.9 Å². The van der Waals surface area contributed by atoms with Gasteiger partial charge in [0.2, 0.25) is 0 Å². The lowest BCUT2D eigenvalue weighted by Crippen LogP contribution is -2.41. The van der Waals surface area contributed by atoms with E-state index in [4.69, 9.17) is 24.9 Å². The molecule has 0 amide bonds. The van der Waals surface area contributed by atoms with Crippen LogP contribution in [-0.4, -0.2) is 49.8 Å². The average Bonchev–Trinajstić information content (AvgIpc) is 2.80. The van der Waals surface area contributed by atoms with Crippen LogP contribution < -0.4 is 0 Å². The van der Waals surface area contributed by atoms with E-state index in [9.17, 15) is 37.9 Å². The molecule has 26 heteroatoms. The van der Waals surface area contributed by atoms with Gasteiger partial charge in [-0.25, -0.2) is 27.0 Å². The molecule has 0 aromatic heterocycles.